The van der Waals surface area contributed by atoms with Gasteiger partial charge in [0.25, 0.3) is 5.56 Å². The van der Waals surface area contributed by atoms with Crippen LogP contribution in [0.5, 0.6) is 11.5 Å². The van der Waals surface area contributed by atoms with E-state index >= 15 is 0 Å². The van der Waals surface area contributed by atoms with Gasteiger partial charge in [0.1, 0.15) is 22.8 Å². The first-order valence-electron chi connectivity index (χ1n) is 8.92. The van der Waals surface area contributed by atoms with E-state index in [0.717, 1.165) is 23.1 Å². The van der Waals surface area contributed by atoms with E-state index in [0.29, 0.717) is 17.1 Å². The molecule has 0 spiro atoms. The van der Waals surface area contributed by atoms with Gasteiger partial charge in [-0.1, -0.05) is 0 Å². The van der Waals surface area contributed by atoms with Crippen LogP contribution in [0.4, 0.5) is 14.5 Å². The summed E-state index contributed by atoms with van der Waals surface area (Å²) >= 11 is 0. The lowest BCUT2D eigenvalue weighted by Gasteiger charge is -2.15. The Morgan fingerprint density at radius 1 is 1.10 bits per heavy atom. The largest absolute Gasteiger partial charge is 0.454 e. The van der Waals surface area contributed by atoms with Crippen molar-refractivity contribution in [3.63, 3.8) is 0 Å². The Hall–Kier alpha value is -3.73. The van der Waals surface area contributed by atoms with E-state index in [1.807, 2.05) is 0 Å². The molecule has 11 heteroatoms. The highest BCUT2D eigenvalue weighted by Gasteiger charge is 2.19. The van der Waals surface area contributed by atoms with Gasteiger partial charge in [-0.25, -0.2) is 21.9 Å². The molecule has 0 saturated heterocycles. The summed E-state index contributed by atoms with van der Waals surface area (Å²) in [5, 5.41) is 4.76. The Bertz CT molecular complexity index is 1480. The van der Waals surface area contributed by atoms with Crippen LogP contribution in [0.1, 0.15) is 0 Å². The minimum Gasteiger partial charge on any atom is -0.454 e. The van der Waals surface area contributed by atoms with E-state index in [1.54, 1.807) is 12.3 Å². The van der Waals surface area contributed by atoms with Gasteiger partial charge < -0.3 is 9.72 Å². The number of hydrogen-bond donors (Lipinski definition) is 2. The van der Waals surface area contributed by atoms with Gasteiger partial charge in [0.15, 0.2) is 11.6 Å². The van der Waals surface area contributed by atoms with Crippen LogP contribution in [-0.2, 0) is 17.1 Å². The lowest BCUT2D eigenvalue weighted by atomic mass is 10.1. The van der Waals surface area contributed by atoms with Crippen LogP contribution < -0.4 is 15.0 Å². The summed E-state index contributed by atoms with van der Waals surface area (Å²) < 4.78 is 59.9. The number of ether oxygens (including phenoxy) is 1. The van der Waals surface area contributed by atoms with Crippen LogP contribution in [0.25, 0.3) is 22.2 Å². The van der Waals surface area contributed by atoms with Gasteiger partial charge >= 0.3 is 0 Å². The average molecular weight is 446 g/mol. The Balaban J connectivity index is 1.94. The quantitative estimate of drug-likeness (QED) is 0.489. The lowest BCUT2D eigenvalue weighted by Crippen LogP contribution is -2.20. The van der Waals surface area contributed by atoms with Crippen molar-refractivity contribution in [1.82, 2.24) is 14.8 Å². The standard InChI is InChI=1S/C20H16F2N4O4S/c1-26-20(27)19-13(7-8-23-19)18(24-26)14-10-12(25-31(2,28)29)4-6-16(14)30-17-5-3-11(21)9-15(17)22/h3-10,23,25H,1-2H3. The van der Waals surface area contributed by atoms with Crippen molar-refractivity contribution in [3.8, 4) is 22.8 Å². The average Bonchev–Trinajstić information content (AvgIpc) is 3.17. The third kappa shape index (κ3) is 4.12. The Morgan fingerprint density at radius 2 is 1.84 bits per heavy atom. The molecule has 0 atom stereocenters. The fraction of sp³-hybridized carbons (Fsp3) is 0.100. The molecule has 8 nitrogen and oxygen atoms in total. The number of hydrogen-bond acceptors (Lipinski definition) is 5. The van der Waals surface area contributed by atoms with Crippen LogP contribution in [0.2, 0.25) is 0 Å². The zero-order valence-electron chi connectivity index (χ0n) is 16.3. The fourth-order valence-corrected chi connectivity index (χ4v) is 3.67. The lowest BCUT2D eigenvalue weighted by molar-refractivity contribution is 0.439. The van der Waals surface area contributed by atoms with E-state index in [1.165, 1.54) is 25.2 Å². The third-order valence-electron chi connectivity index (χ3n) is 4.41. The number of fused-ring (bicyclic) bond motifs is 1. The summed E-state index contributed by atoms with van der Waals surface area (Å²) in [5.41, 5.74) is 0.725. The van der Waals surface area contributed by atoms with Crippen molar-refractivity contribution < 1.29 is 21.9 Å². The number of nitrogens with zero attached hydrogens (tertiary/aromatic N) is 2. The summed E-state index contributed by atoms with van der Waals surface area (Å²) in [6.45, 7) is 0. The number of sulfonamides is 1. The molecule has 4 rings (SSSR count). The zero-order chi connectivity index (χ0) is 22.3. The van der Waals surface area contributed by atoms with E-state index in [2.05, 4.69) is 14.8 Å². The van der Waals surface area contributed by atoms with Crippen LogP contribution in [0, 0.1) is 11.6 Å². The Labute approximate surface area is 175 Å². The second kappa shape index (κ2) is 7.51. The van der Waals surface area contributed by atoms with Crippen LogP contribution in [-0.4, -0.2) is 29.4 Å². The van der Waals surface area contributed by atoms with Gasteiger partial charge in [0.05, 0.1) is 6.26 Å². The monoisotopic (exact) mass is 446 g/mol. The van der Waals surface area contributed by atoms with Crippen molar-refractivity contribution in [1.29, 1.82) is 0 Å². The second-order valence-electron chi connectivity index (χ2n) is 6.81. The molecule has 2 N–H and O–H groups in total. The molecule has 31 heavy (non-hydrogen) atoms. The third-order valence-corrected chi connectivity index (χ3v) is 5.02. The minimum atomic E-state index is -3.58. The van der Waals surface area contributed by atoms with Gasteiger partial charge in [-0.2, -0.15) is 5.10 Å². The van der Waals surface area contributed by atoms with Gasteiger partial charge in [-0.15, -0.1) is 0 Å². The normalized spacial score (nSPS) is 11.6. The molecular formula is C20H16F2N4O4S. The van der Waals surface area contributed by atoms with Gasteiger partial charge in [0.2, 0.25) is 10.0 Å². The molecule has 0 saturated carbocycles. The number of rotatable bonds is 5. The number of H-pyrrole nitrogens is 1. The maximum absolute atomic E-state index is 14.2. The molecule has 0 aliphatic heterocycles. The Kier molecular flexibility index (Phi) is 4.97. The van der Waals surface area contributed by atoms with Crippen molar-refractivity contribution in [2.75, 3.05) is 11.0 Å². The molecule has 4 aromatic rings. The molecule has 0 amide bonds. The molecule has 0 radical (unpaired) electrons. The minimum absolute atomic E-state index is 0.123. The molecule has 2 aromatic carbocycles. The van der Waals surface area contributed by atoms with Crippen LogP contribution >= 0.6 is 0 Å². The Morgan fingerprint density at radius 3 is 2.55 bits per heavy atom. The zero-order valence-corrected chi connectivity index (χ0v) is 17.1. The van der Waals surface area contributed by atoms with E-state index < -0.39 is 21.7 Å². The highest BCUT2D eigenvalue weighted by molar-refractivity contribution is 7.92. The number of benzene rings is 2. The maximum atomic E-state index is 14.2. The predicted molar refractivity (Wildman–Crippen MR) is 112 cm³/mol. The number of anilines is 1. The summed E-state index contributed by atoms with van der Waals surface area (Å²) in [5.74, 6) is -1.78. The van der Waals surface area contributed by atoms with Gasteiger partial charge in [-0.05, 0) is 36.4 Å². The molecule has 0 bridgehead atoms. The predicted octanol–water partition coefficient (Wildman–Crippen LogP) is 3.37. The first kappa shape index (κ1) is 20.5. The molecule has 2 aromatic heterocycles. The van der Waals surface area contributed by atoms with Crippen molar-refractivity contribution >= 4 is 26.6 Å². The SMILES string of the molecule is Cn1nc(-c2cc(NS(C)(=O)=O)ccc2Oc2ccc(F)cc2F)c2cc[nH]c2c1=O. The van der Waals surface area contributed by atoms with Crippen LogP contribution in [0.3, 0.4) is 0 Å². The van der Waals surface area contributed by atoms with Gasteiger partial charge in [-0.3, -0.25) is 9.52 Å². The molecule has 0 aliphatic carbocycles. The highest BCUT2D eigenvalue weighted by Crippen LogP contribution is 2.38. The number of nitrogens with one attached hydrogen (secondary N) is 2. The molecular weight excluding hydrogens is 430 g/mol. The van der Waals surface area contributed by atoms with E-state index in [-0.39, 0.29) is 33.8 Å². The molecule has 160 valence electrons. The number of aromatic amines is 1. The molecule has 2 heterocycles. The first-order valence-corrected chi connectivity index (χ1v) is 10.8. The highest BCUT2D eigenvalue weighted by atomic mass is 32.2. The number of aromatic nitrogens is 3. The molecule has 0 aliphatic rings. The topological polar surface area (TPSA) is 106 Å². The number of halogens is 2. The fourth-order valence-electron chi connectivity index (χ4n) is 3.11. The molecule has 0 fully saturated rings. The van der Waals surface area contributed by atoms with Gasteiger partial charge in [0, 0.05) is 35.9 Å². The van der Waals surface area contributed by atoms with E-state index in [9.17, 15) is 22.0 Å². The first-order chi connectivity index (χ1) is 14.6. The smallest absolute Gasteiger partial charge is 0.290 e. The number of aryl methyl sites for hydroxylation is 1. The molecule has 0 unspecified atom stereocenters. The van der Waals surface area contributed by atoms with Crippen molar-refractivity contribution in [3.05, 3.63) is 70.6 Å². The summed E-state index contributed by atoms with van der Waals surface area (Å²) in [6, 6.07) is 8.82. The maximum Gasteiger partial charge on any atom is 0.290 e. The summed E-state index contributed by atoms with van der Waals surface area (Å²) in [6.07, 6.45) is 2.57. The van der Waals surface area contributed by atoms with Crippen molar-refractivity contribution in [2.45, 2.75) is 0 Å². The second-order valence-corrected chi connectivity index (χ2v) is 8.55. The van der Waals surface area contributed by atoms with E-state index in [4.69, 9.17) is 4.74 Å². The summed E-state index contributed by atoms with van der Waals surface area (Å²) in [4.78, 5) is 15.2. The van der Waals surface area contributed by atoms with Crippen molar-refractivity contribution in [2.24, 2.45) is 7.05 Å². The summed E-state index contributed by atoms with van der Waals surface area (Å²) in [7, 11) is -2.12. The van der Waals surface area contributed by atoms with Crippen LogP contribution in [0.15, 0.2) is 53.5 Å².